The van der Waals surface area contributed by atoms with Gasteiger partial charge in [0.15, 0.2) is 5.69 Å². The first-order valence-electron chi connectivity index (χ1n) is 6.87. The van der Waals surface area contributed by atoms with Crippen LogP contribution in [0.5, 0.6) is 0 Å². The Labute approximate surface area is 130 Å². The number of amides is 1. The lowest BCUT2D eigenvalue weighted by atomic mass is 10.0. The first-order valence-corrected chi connectivity index (χ1v) is 6.87. The van der Waals surface area contributed by atoms with Crippen molar-refractivity contribution in [2.45, 2.75) is 0 Å². The van der Waals surface area contributed by atoms with E-state index in [2.05, 4.69) is 20.1 Å². The fourth-order valence-corrected chi connectivity index (χ4v) is 2.46. The maximum atomic E-state index is 11.6. The highest BCUT2D eigenvalue weighted by Crippen LogP contribution is 2.26. The molecule has 0 saturated carbocycles. The Balaban J connectivity index is 1.89. The molecule has 3 aromatic heterocycles. The molecule has 0 fully saturated rings. The number of aromatic amines is 1. The molecule has 0 spiro atoms. The SMILES string of the molecule is NC(=O)c1nc(-c2cccc(-c3ccon3)c2)cc2[nH]cnc12. The van der Waals surface area contributed by atoms with Gasteiger partial charge in [0, 0.05) is 17.2 Å². The number of rotatable bonds is 3. The molecule has 0 saturated heterocycles. The fourth-order valence-electron chi connectivity index (χ4n) is 2.46. The summed E-state index contributed by atoms with van der Waals surface area (Å²) in [5, 5.41) is 3.92. The third kappa shape index (κ3) is 2.24. The molecule has 3 N–H and O–H groups in total. The minimum absolute atomic E-state index is 0.144. The smallest absolute Gasteiger partial charge is 0.269 e. The van der Waals surface area contributed by atoms with Gasteiger partial charge in [-0.15, -0.1) is 0 Å². The Kier molecular flexibility index (Phi) is 2.90. The molecule has 1 amide bonds. The molecule has 0 radical (unpaired) electrons. The number of carbonyl (C=O) groups excluding carboxylic acids is 1. The Bertz CT molecular complexity index is 1000. The number of hydrogen-bond donors (Lipinski definition) is 2. The second-order valence-corrected chi connectivity index (χ2v) is 4.98. The van der Waals surface area contributed by atoms with E-state index in [9.17, 15) is 4.79 Å². The number of benzene rings is 1. The highest BCUT2D eigenvalue weighted by Gasteiger charge is 2.14. The summed E-state index contributed by atoms with van der Waals surface area (Å²) in [7, 11) is 0. The van der Waals surface area contributed by atoms with Crippen LogP contribution in [0.25, 0.3) is 33.5 Å². The van der Waals surface area contributed by atoms with Crippen molar-refractivity contribution in [3.8, 4) is 22.5 Å². The zero-order valence-electron chi connectivity index (χ0n) is 11.9. The summed E-state index contributed by atoms with van der Waals surface area (Å²) < 4.78 is 4.87. The van der Waals surface area contributed by atoms with Crippen molar-refractivity contribution in [3.05, 3.63) is 54.7 Å². The van der Waals surface area contributed by atoms with Crippen LogP contribution < -0.4 is 5.73 Å². The molecule has 1 aromatic carbocycles. The molecule has 7 heteroatoms. The van der Waals surface area contributed by atoms with Gasteiger partial charge in [0.1, 0.15) is 17.5 Å². The van der Waals surface area contributed by atoms with E-state index in [1.54, 1.807) is 6.07 Å². The molecule has 0 aliphatic carbocycles. The van der Waals surface area contributed by atoms with Gasteiger partial charge in [-0.25, -0.2) is 9.97 Å². The number of fused-ring (bicyclic) bond motifs is 1. The van der Waals surface area contributed by atoms with Gasteiger partial charge in [-0.05, 0) is 12.1 Å². The Hall–Kier alpha value is -3.48. The maximum Gasteiger partial charge on any atom is 0.269 e. The van der Waals surface area contributed by atoms with Crippen LogP contribution in [-0.4, -0.2) is 26.0 Å². The van der Waals surface area contributed by atoms with E-state index in [1.165, 1.54) is 12.6 Å². The van der Waals surface area contributed by atoms with Crippen LogP contribution >= 0.6 is 0 Å². The number of imidazole rings is 1. The predicted octanol–water partition coefficient (Wildman–Crippen LogP) is 2.38. The number of nitrogens with one attached hydrogen (secondary N) is 1. The van der Waals surface area contributed by atoms with Crippen molar-refractivity contribution in [2.75, 3.05) is 0 Å². The van der Waals surface area contributed by atoms with E-state index in [-0.39, 0.29) is 5.69 Å². The number of hydrogen-bond acceptors (Lipinski definition) is 5. The third-order valence-corrected chi connectivity index (χ3v) is 3.53. The highest BCUT2D eigenvalue weighted by atomic mass is 16.5. The summed E-state index contributed by atoms with van der Waals surface area (Å²) in [6.45, 7) is 0. The molecule has 112 valence electrons. The number of nitrogens with two attached hydrogens (primary N) is 1. The van der Waals surface area contributed by atoms with Crippen LogP contribution in [0.3, 0.4) is 0 Å². The van der Waals surface area contributed by atoms with Gasteiger partial charge in [0.2, 0.25) is 0 Å². The predicted molar refractivity (Wildman–Crippen MR) is 83.3 cm³/mol. The second-order valence-electron chi connectivity index (χ2n) is 4.98. The van der Waals surface area contributed by atoms with E-state index in [0.717, 1.165) is 16.8 Å². The minimum atomic E-state index is -0.614. The lowest BCUT2D eigenvalue weighted by Gasteiger charge is -2.05. The summed E-state index contributed by atoms with van der Waals surface area (Å²) in [4.78, 5) is 23.1. The van der Waals surface area contributed by atoms with Crippen molar-refractivity contribution in [1.82, 2.24) is 20.1 Å². The van der Waals surface area contributed by atoms with Crippen LogP contribution in [0.4, 0.5) is 0 Å². The second kappa shape index (κ2) is 5.06. The lowest BCUT2D eigenvalue weighted by molar-refractivity contribution is 0.0997. The molecular weight excluding hydrogens is 294 g/mol. The third-order valence-electron chi connectivity index (χ3n) is 3.53. The molecule has 0 aliphatic heterocycles. The number of nitrogens with zero attached hydrogens (tertiary/aromatic N) is 3. The Morgan fingerprint density at radius 2 is 1.96 bits per heavy atom. The quantitative estimate of drug-likeness (QED) is 0.603. The molecule has 4 rings (SSSR count). The minimum Gasteiger partial charge on any atom is -0.364 e. The maximum absolute atomic E-state index is 11.6. The summed E-state index contributed by atoms with van der Waals surface area (Å²) in [5.74, 6) is -0.614. The number of aromatic nitrogens is 4. The summed E-state index contributed by atoms with van der Waals surface area (Å²) in [6.07, 6.45) is 3.02. The van der Waals surface area contributed by atoms with Gasteiger partial charge < -0.3 is 15.2 Å². The molecule has 0 aliphatic rings. The van der Waals surface area contributed by atoms with Crippen LogP contribution in [0.15, 0.2) is 53.5 Å². The van der Waals surface area contributed by atoms with Gasteiger partial charge in [-0.2, -0.15) is 0 Å². The number of primary amides is 1. The largest absolute Gasteiger partial charge is 0.364 e. The molecule has 0 unspecified atom stereocenters. The Morgan fingerprint density at radius 3 is 2.70 bits per heavy atom. The van der Waals surface area contributed by atoms with Gasteiger partial charge in [-0.1, -0.05) is 23.4 Å². The van der Waals surface area contributed by atoms with E-state index in [4.69, 9.17) is 10.3 Å². The van der Waals surface area contributed by atoms with Crippen LogP contribution in [0.1, 0.15) is 10.5 Å². The van der Waals surface area contributed by atoms with E-state index in [1.807, 2.05) is 30.3 Å². The van der Waals surface area contributed by atoms with Gasteiger partial charge in [-0.3, -0.25) is 4.79 Å². The highest BCUT2D eigenvalue weighted by molar-refractivity contribution is 6.03. The summed E-state index contributed by atoms with van der Waals surface area (Å²) in [6, 6.07) is 11.2. The molecular formula is C16H11N5O2. The molecule has 23 heavy (non-hydrogen) atoms. The van der Waals surface area contributed by atoms with Crippen molar-refractivity contribution in [2.24, 2.45) is 5.73 Å². The topological polar surface area (TPSA) is 111 Å². The molecule has 3 heterocycles. The number of carbonyl (C=O) groups is 1. The van der Waals surface area contributed by atoms with E-state index >= 15 is 0 Å². The molecule has 7 nitrogen and oxygen atoms in total. The summed E-state index contributed by atoms with van der Waals surface area (Å²) in [5.41, 5.74) is 9.81. The lowest BCUT2D eigenvalue weighted by Crippen LogP contribution is -2.14. The average Bonchev–Trinajstić information content (AvgIpc) is 3.25. The van der Waals surface area contributed by atoms with Gasteiger partial charge in [0.05, 0.1) is 17.5 Å². The normalized spacial score (nSPS) is 11.0. The van der Waals surface area contributed by atoms with Gasteiger partial charge >= 0.3 is 0 Å². The van der Waals surface area contributed by atoms with Crippen LogP contribution in [-0.2, 0) is 0 Å². The summed E-state index contributed by atoms with van der Waals surface area (Å²) >= 11 is 0. The molecule has 0 atom stereocenters. The van der Waals surface area contributed by atoms with Crippen LogP contribution in [0.2, 0.25) is 0 Å². The van der Waals surface area contributed by atoms with Crippen molar-refractivity contribution >= 4 is 16.9 Å². The number of H-pyrrole nitrogens is 1. The fraction of sp³-hybridized carbons (Fsp3) is 0. The van der Waals surface area contributed by atoms with E-state index in [0.29, 0.717) is 16.7 Å². The van der Waals surface area contributed by atoms with E-state index < -0.39 is 5.91 Å². The van der Waals surface area contributed by atoms with Crippen molar-refractivity contribution < 1.29 is 9.32 Å². The zero-order valence-corrected chi connectivity index (χ0v) is 11.9. The standard InChI is InChI=1S/C16H11N5O2/c17-16(22)15-14-13(18-8-19-14)7-12(20-15)10-3-1-2-9(6-10)11-4-5-23-21-11/h1-8H,(H2,17,22)(H,18,19). The number of pyridine rings is 1. The van der Waals surface area contributed by atoms with Crippen LogP contribution in [0, 0.1) is 0 Å². The van der Waals surface area contributed by atoms with Gasteiger partial charge in [0.25, 0.3) is 5.91 Å². The average molecular weight is 305 g/mol. The monoisotopic (exact) mass is 305 g/mol. The Morgan fingerprint density at radius 1 is 1.13 bits per heavy atom. The first-order chi connectivity index (χ1) is 11.2. The first kappa shape index (κ1) is 13.2. The molecule has 4 aromatic rings. The molecule has 0 bridgehead atoms. The van der Waals surface area contributed by atoms with Crippen molar-refractivity contribution in [1.29, 1.82) is 0 Å². The van der Waals surface area contributed by atoms with Crippen molar-refractivity contribution in [3.63, 3.8) is 0 Å². The zero-order chi connectivity index (χ0) is 15.8.